The number of carboxylic acid groups (broad SMARTS) is 1. The highest BCUT2D eigenvalue weighted by Gasteiger charge is 2.35. The van der Waals surface area contributed by atoms with E-state index in [2.05, 4.69) is 5.32 Å². The van der Waals surface area contributed by atoms with Gasteiger partial charge in [0.2, 0.25) is 0 Å². The highest BCUT2D eigenvalue weighted by Crippen LogP contribution is 2.20. The van der Waals surface area contributed by atoms with E-state index in [1.807, 2.05) is 20.8 Å². The van der Waals surface area contributed by atoms with Gasteiger partial charge in [-0.1, -0.05) is 32.9 Å². The predicted octanol–water partition coefficient (Wildman–Crippen LogP) is -0.936. The van der Waals surface area contributed by atoms with Crippen molar-refractivity contribution >= 4 is 6.09 Å². The Labute approximate surface area is 152 Å². The van der Waals surface area contributed by atoms with Crippen LogP contribution in [0.3, 0.4) is 0 Å². The third kappa shape index (κ3) is 6.49. The summed E-state index contributed by atoms with van der Waals surface area (Å²) in [6.45, 7) is 5.43. The molecule has 8 atom stereocenters. The van der Waals surface area contributed by atoms with Crippen molar-refractivity contribution in [3.05, 3.63) is 12.2 Å². The normalized spacial score (nSPS) is 30.7. The lowest BCUT2D eigenvalue weighted by Gasteiger charge is -2.33. The minimum atomic E-state index is -1.42. The Balaban J connectivity index is 2.69. The van der Waals surface area contributed by atoms with Crippen molar-refractivity contribution in [3.8, 4) is 0 Å². The van der Waals surface area contributed by atoms with Gasteiger partial charge in [0.1, 0.15) is 24.4 Å². The van der Waals surface area contributed by atoms with Crippen LogP contribution in [0.1, 0.15) is 27.2 Å². The molecule has 1 rings (SSSR count). The third-order valence-corrected chi connectivity index (χ3v) is 4.92. The van der Waals surface area contributed by atoms with E-state index in [4.69, 9.17) is 9.84 Å². The van der Waals surface area contributed by atoms with E-state index >= 15 is 0 Å². The largest absolute Gasteiger partial charge is 0.465 e. The van der Waals surface area contributed by atoms with Gasteiger partial charge in [0.25, 0.3) is 0 Å². The van der Waals surface area contributed by atoms with Crippen LogP contribution in [0, 0.1) is 11.8 Å². The zero-order valence-electron chi connectivity index (χ0n) is 15.3. The second kappa shape index (κ2) is 10.2. The molecule has 8 unspecified atom stereocenters. The van der Waals surface area contributed by atoms with E-state index in [-0.39, 0.29) is 24.9 Å². The Bertz CT molecular complexity index is 472. The maximum absolute atomic E-state index is 11.0. The SMILES string of the molecule is CC(C)C(C)C(O)CC(O)C(COC1C=CC(O)C(O)C1O)NC(=O)O. The van der Waals surface area contributed by atoms with Crippen LogP contribution in [0.4, 0.5) is 4.79 Å². The van der Waals surface area contributed by atoms with Crippen molar-refractivity contribution in [2.75, 3.05) is 6.61 Å². The molecule has 0 aromatic rings. The van der Waals surface area contributed by atoms with Crippen LogP contribution in [-0.2, 0) is 4.74 Å². The molecule has 9 nitrogen and oxygen atoms in total. The number of amides is 1. The van der Waals surface area contributed by atoms with E-state index in [0.29, 0.717) is 0 Å². The van der Waals surface area contributed by atoms with Crippen molar-refractivity contribution in [2.45, 2.75) is 69.9 Å². The minimum absolute atomic E-state index is 0.0436. The van der Waals surface area contributed by atoms with Gasteiger partial charge in [-0.05, 0) is 11.8 Å². The Morgan fingerprint density at radius 1 is 1.08 bits per heavy atom. The first-order valence-electron chi connectivity index (χ1n) is 8.74. The zero-order valence-corrected chi connectivity index (χ0v) is 15.3. The summed E-state index contributed by atoms with van der Waals surface area (Å²) in [7, 11) is 0. The number of ether oxygens (including phenoxy) is 1. The molecule has 0 aliphatic heterocycles. The number of aliphatic hydroxyl groups excluding tert-OH is 5. The van der Waals surface area contributed by atoms with Crippen LogP contribution < -0.4 is 5.32 Å². The van der Waals surface area contributed by atoms with E-state index in [1.54, 1.807) is 0 Å². The van der Waals surface area contributed by atoms with E-state index in [9.17, 15) is 30.3 Å². The van der Waals surface area contributed by atoms with E-state index in [0.717, 1.165) is 0 Å². The van der Waals surface area contributed by atoms with E-state index < -0.39 is 48.8 Å². The Kier molecular flexibility index (Phi) is 8.94. The zero-order chi connectivity index (χ0) is 20.0. The van der Waals surface area contributed by atoms with Gasteiger partial charge in [-0.15, -0.1) is 0 Å². The molecule has 152 valence electrons. The van der Waals surface area contributed by atoms with Gasteiger partial charge in [-0.25, -0.2) is 4.79 Å². The summed E-state index contributed by atoms with van der Waals surface area (Å²) in [6.07, 6.45) is -5.78. The van der Waals surface area contributed by atoms with Crippen molar-refractivity contribution < 1.29 is 40.2 Å². The molecular formula is C17H31NO8. The van der Waals surface area contributed by atoms with Crippen LogP contribution in [-0.4, -0.2) is 86.0 Å². The number of aliphatic hydroxyl groups is 5. The molecule has 0 saturated carbocycles. The van der Waals surface area contributed by atoms with Gasteiger partial charge in [0.05, 0.1) is 24.9 Å². The molecule has 9 heteroatoms. The summed E-state index contributed by atoms with van der Waals surface area (Å²) in [4.78, 5) is 11.0. The van der Waals surface area contributed by atoms with Crippen LogP contribution in [0.25, 0.3) is 0 Å². The Hall–Kier alpha value is -1.23. The lowest BCUT2D eigenvalue weighted by molar-refractivity contribution is -0.114. The third-order valence-electron chi connectivity index (χ3n) is 4.92. The second-order valence-corrected chi connectivity index (χ2v) is 7.18. The number of hydrogen-bond donors (Lipinski definition) is 7. The number of carbonyl (C=O) groups is 1. The molecule has 1 aliphatic carbocycles. The molecule has 0 fully saturated rings. The number of nitrogens with one attached hydrogen (secondary N) is 1. The van der Waals surface area contributed by atoms with Crippen molar-refractivity contribution in [3.63, 3.8) is 0 Å². The monoisotopic (exact) mass is 377 g/mol. The van der Waals surface area contributed by atoms with Gasteiger partial charge in [0, 0.05) is 6.42 Å². The first-order valence-corrected chi connectivity index (χ1v) is 8.74. The van der Waals surface area contributed by atoms with E-state index in [1.165, 1.54) is 12.2 Å². The lowest BCUT2D eigenvalue weighted by Crippen LogP contribution is -2.51. The molecule has 1 amide bonds. The number of hydrogen-bond acceptors (Lipinski definition) is 7. The fourth-order valence-corrected chi connectivity index (χ4v) is 2.69. The lowest BCUT2D eigenvalue weighted by atomic mass is 9.88. The maximum Gasteiger partial charge on any atom is 0.405 e. The predicted molar refractivity (Wildman–Crippen MR) is 92.5 cm³/mol. The molecule has 0 spiro atoms. The fourth-order valence-electron chi connectivity index (χ4n) is 2.69. The molecule has 7 N–H and O–H groups in total. The second-order valence-electron chi connectivity index (χ2n) is 7.18. The summed E-state index contributed by atoms with van der Waals surface area (Å²) in [6, 6.07) is -1.04. The smallest absolute Gasteiger partial charge is 0.405 e. The molecule has 0 radical (unpaired) electrons. The first-order chi connectivity index (χ1) is 12.0. The molecular weight excluding hydrogens is 346 g/mol. The quantitative estimate of drug-likeness (QED) is 0.254. The molecule has 26 heavy (non-hydrogen) atoms. The Morgan fingerprint density at radius 2 is 1.69 bits per heavy atom. The first kappa shape index (κ1) is 22.8. The maximum atomic E-state index is 11.0. The average molecular weight is 377 g/mol. The topological polar surface area (TPSA) is 160 Å². The molecule has 0 saturated heterocycles. The average Bonchev–Trinajstić information content (AvgIpc) is 2.56. The van der Waals surface area contributed by atoms with Crippen LogP contribution in [0.2, 0.25) is 0 Å². The number of rotatable bonds is 9. The van der Waals surface area contributed by atoms with Gasteiger partial charge < -0.3 is 40.7 Å². The standard InChI is InChI=1S/C17H31NO8/c1-8(2)9(3)12(20)6-13(21)10(18-17(24)25)7-26-14-5-4-11(19)15(22)16(14)23/h4-5,8-16,18-23H,6-7H2,1-3H3,(H,24,25). The van der Waals surface area contributed by atoms with Crippen LogP contribution >= 0.6 is 0 Å². The van der Waals surface area contributed by atoms with Crippen molar-refractivity contribution in [1.82, 2.24) is 5.32 Å². The summed E-state index contributed by atoms with van der Waals surface area (Å²) in [5.74, 6) is 0.102. The van der Waals surface area contributed by atoms with Crippen LogP contribution in [0.5, 0.6) is 0 Å². The van der Waals surface area contributed by atoms with Gasteiger partial charge in [-0.2, -0.15) is 0 Å². The summed E-state index contributed by atoms with van der Waals surface area (Å²) in [5.41, 5.74) is 0. The fraction of sp³-hybridized carbons (Fsp3) is 0.824. The molecule has 1 aliphatic rings. The molecule has 0 bridgehead atoms. The molecule has 0 aromatic heterocycles. The summed E-state index contributed by atoms with van der Waals surface area (Å²) < 4.78 is 5.41. The Morgan fingerprint density at radius 3 is 2.23 bits per heavy atom. The van der Waals surface area contributed by atoms with Gasteiger partial charge >= 0.3 is 6.09 Å². The van der Waals surface area contributed by atoms with Crippen molar-refractivity contribution in [2.24, 2.45) is 11.8 Å². The van der Waals surface area contributed by atoms with Crippen molar-refractivity contribution in [1.29, 1.82) is 0 Å². The highest BCUT2D eigenvalue weighted by atomic mass is 16.5. The van der Waals surface area contributed by atoms with Gasteiger partial charge in [-0.3, -0.25) is 0 Å². The summed E-state index contributed by atoms with van der Waals surface area (Å²) >= 11 is 0. The van der Waals surface area contributed by atoms with Crippen LogP contribution in [0.15, 0.2) is 12.2 Å². The molecule has 0 heterocycles. The van der Waals surface area contributed by atoms with Gasteiger partial charge in [0.15, 0.2) is 0 Å². The molecule has 0 aromatic carbocycles. The highest BCUT2D eigenvalue weighted by molar-refractivity contribution is 5.64. The minimum Gasteiger partial charge on any atom is -0.465 e. The summed E-state index contributed by atoms with van der Waals surface area (Å²) in [5, 5.41) is 60.6.